The Morgan fingerprint density at radius 1 is 1.39 bits per heavy atom. The third-order valence-electron chi connectivity index (χ3n) is 3.14. The van der Waals surface area contributed by atoms with Crippen LogP contribution in [0, 0.1) is 10.8 Å². The summed E-state index contributed by atoms with van der Waals surface area (Å²) < 4.78 is 5.60. The van der Waals surface area contributed by atoms with Crippen LogP contribution >= 0.6 is 11.3 Å². The highest BCUT2D eigenvalue weighted by Gasteiger charge is 2.20. The zero-order valence-corrected chi connectivity index (χ0v) is 12.2. The minimum absolute atomic E-state index is 0.170. The maximum absolute atomic E-state index is 7.47. The summed E-state index contributed by atoms with van der Waals surface area (Å²) in [6, 6.07) is 4.22. The molecule has 3 nitrogen and oxygen atoms in total. The number of amidine groups is 1. The van der Waals surface area contributed by atoms with Crippen molar-refractivity contribution >= 4 is 17.2 Å². The molecule has 0 unspecified atom stereocenters. The Hall–Kier alpha value is -0.870. The van der Waals surface area contributed by atoms with E-state index in [0.29, 0.717) is 0 Å². The number of ether oxygens (including phenoxy) is 1. The lowest BCUT2D eigenvalue weighted by atomic mass is 9.86. The van der Waals surface area contributed by atoms with E-state index >= 15 is 0 Å². The minimum atomic E-state index is -0.170. The monoisotopic (exact) mass is 268 g/mol. The molecule has 1 aromatic heterocycles. The largest absolute Gasteiger partial charge is 0.387 e. The van der Waals surface area contributed by atoms with Gasteiger partial charge in [0.15, 0.2) is 0 Å². The maximum atomic E-state index is 7.47. The summed E-state index contributed by atoms with van der Waals surface area (Å²) in [5.74, 6) is 0.279. The van der Waals surface area contributed by atoms with Crippen LogP contribution in [0.4, 0.5) is 0 Å². The summed E-state index contributed by atoms with van der Waals surface area (Å²) >= 11 is 1.78. The summed E-state index contributed by atoms with van der Waals surface area (Å²) in [6.45, 7) is 5.65. The van der Waals surface area contributed by atoms with Crippen molar-refractivity contribution in [3.63, 3.8) is 0 Å². The topological polar surface area (TPSA) is 59.1 Å². The molecule has 0 aromatic carbocycles. The molecule has 0 aliphatic carbocycles. The van der Waals surface area contributed by atoms with Crippen molar-refractivity contribution in [2.75, 3.05) is 13.2 Å². The van der Waals surface area contributed by atoms with Crippen LogP contribution in [0.5, 0.6) is 0 Å². The van der Waals surface area contributed by atoms with Crippen molar-refractivity contribution in [3.8, 4) is 0 Å². The molecule has 4 heteroatoms. The molecule has 0 saturated heterocycles. The predicted octanol–water partition coefficient (Wildman–Crippen LogP) is 3.44. The molecule has 1 rings (SSSR count). The van der Waals surface area contributed by atoms with Crippen LogP contribution < -0.4 is 5.73 Å². The van der Waals surface area contributed by atoms with Crippen molar-refractivity contribution in [3.05, 3.63) is 22.4 Å². The first-order valence-corrected chi connectivity index (χ1v) is 7.35. The number of hydrogen-bond acceptors (Lipinski definition) is 3. The second-order valence-corrected chi connectivity index (χ2v) is 6.23. The van der Waals surface area contributed by atoms with Gasteiger partial charge in [-0.1, -0.05) is 26.3 Å². The number of hydrogen-bond donors (Lipinski definition) is 2. The zero-order valence-electron chi connectivity index (χ0n) is 11.4. The third-order valence-corrected chi connectivity index (χ3v) is 4.08. The Balaban J connectivity index is 1.97. The Labute approximate surface area is 114 Å². The van der Waals surface area contributed by atoms with Crippen LogP contribution in [-0.4, -0.2) is 19.0 Å². The molecule has 0 spiro atoms. The fourth-order valence-corrected chi connectivity index (χ4v) is 2.33. The molecule has 0 amide bonds. The van der Waals surface area contributed by atoms with E-state index in [-0.39, 0.29) is 11.3 Å². The molecule has 1 aromatic rings. The van der Waals surface area contributed by atoms with Gasteiger partial charge in [0.05, 0.1) is 12.4 Å². The lowest BCUT2D eigenvalue weighted by Gasteiger charge is -2.22. The molecule has 102 valence electrons. The molecule has 18 heavy (non-hydrogen) atoms. The average molecular weight is 268 g/mol. The fraction of sp³-hybridized carbons (Fsp3) is 0.643. The van der Waals surface area contributed by atoms with Crippen molar-refractivity contribution in [2.24, 2.45) is 11.1 Å². The second-order valence-electron chi connectivity index (χ2n) is 5.20. The van der Waals surface area contributed by atoms with Gasteiger partial charge in [-0.25, -0.2) is 0 Å². The summed E-state index contributed by atoms with van der Waals surface area (Å²) in [5.41, 5.74) is 5.37. The van der Waals surface area contributed by atoms with Gasteiger partial charge in [0.25, 0.3) is 0 Å². The van der Waals surface area contributed by atoms with Crippen LogP contribution in [0.15, 0.2) is 17.5 Å². The highest BCUT2D eigenvalue weighted by molar-refractivity contribution is 7.09. The second kappa shape index (κ2) is 7.54. The van der Waals surface area contributed by atoms with Crippen LogP contribution in [0.3, 0.4) is 0 Å². The number of thiophene rings is 1. The Kier molecular flexibility index (Phi) is 6.36. The first-order valence-electron chi connectivity index (χ1n) is 6.47. The molecule has 0 saturated carbocycles. The number of nitrogens with two attached hydrogens (primary N) is 1. The molecular weight excluding hydrogens is 244 g/mol. The quantitative estimate of drug-likeness (QED) is 0.409. The van der Waals surface area contributed by atoms with E-state index in [1.54, 1.807) is 11.3 Å². The van der Waals surface area contributed by atoms with E-state index in [2.05, 4.69) is 17.5 Å². The standard InChI is InChI=1S/C14H24N2OS/c1-14(2,13(15)16)8-3-4-9-17-10-7-12-6-5-11-18-12/h5-6,11H,3-4,7-10H2,1-2H3,(H3,15,16). The van der Waals surface area contributed by atoms with Crippen molar-refractivity contribution in [2.45, 2.75) is 39.5 Å². The number of rotatable bonds is 9. The van der Waals surface area contributed by atoms with Crippen molar-refractivity contribution < 1.29 is 4.74 Å². The van der Waals surface area contributed by atoms with E-state index in [4.69, 9.17) is 15.9 Å². The highest BCUT2D eigenvalue weighted by atomic mass is 32.1. The maximum Gasteiger partial charge on any atom is 0.0963 e. The molecule has 0 bridgehead atoms. The predicted molar refractivity (Wildman–Crippen MR) is 78.4 cm³/mol. The van der Waals surface area contributed by atoms with E-state index in [9.17, 15) is 0 Å². The van der Waals surface area contributed by atoms with E-state index in [1.165, 1.54) is 4.88 Å². The van der Waals surface area contributed by atoms with Gasteiger partial charge in [0, 0.05) is 23.3 Å². The Morgan fingerprint density at radius 2 is 2.17 bits per heavy atom. The first kappa shape index (κ1) is 15.2. The molecule has 0 aliphatic heterocycles. The Morgan fingerprint density at radius 3 is 2.78 bits per heavy atom. The van der Waals surface area contributed by atoms with Gasteiger partial charge in [-0.3, -0.25) is 5.41 Å². The van der Waals surface area contributed by atoms with Crippen LogP contribution in [0.25, 0.3) is 0 Å². The average Bonchev–Trinajstić information content (AvgIpc) is 2.80. The fourth-order valence-electron chi connectivity index (χ4n) is 1.64. The summed E-state index contributed by atoms with van der Waals surface area (Å²) in [4.78, 5) is 1.38. The lowest BCUT2D eigenvalue weighted by Crippen LogP contribution is -2.30. The third kappa shape index (κ3) is 5.65. The number of unbranched alkanes of at least 4 members (excludes halogenated alkanes) is 1. The minimum Gasteiger partial charge on any atom is -0.387 e. The van der Waals surface area contributed by atoms with Gasteiger partial charge < -0.3 is 10.5 Å². The molecule has 1 heterocycles. The molecular formula is C14H24N2OS. The van der Waals surface area contributed by atoms with Gasteiger partial charge in [-0.05, 0) is 24.3 Å². The van der Waals surface area contributed by atoms with Gasteiger partial charge in [0.2, 0.25) is 0 Å². The van der Waals surface area contributed by atoms with Crippen LogP contribution in [0.1, 0.15) is 38.0 Å². The Bertz CT molecular complexity index is 347. The SMILES string of the molecule is CC(C)(CCCCOCCc1cccs1)C(=N)N. The van der Waals surface area contributed by atoms with Crippen LogP contribution in [0.2, 0.25) is 0 Å². The smallest absolute Gasteiger partial charge is 0.0963 e. The lowest BCUT2D eigenvalue weighted by molar-refractivity contribution is 0.132. The van der Waals surface area contributed by atoms with Gasteiger partial charge in [-0.15, -0.1) is 11.3 Å². The first-order chi connectivity index (χ1) is 8.52. The molecule has 0 fully saturated rings. The van der Waals surface area contributed by atoms with Gasteiger partial charge in [0.1, 0.15) is 0 Å². The van der Waals surface area contributed by atoms with E-state index in [0.717, 1.165) is 38.9 Å². The summed E-state index contributed by atoms with van der Waals surface area (Å²) in [6.07, 6.45) is 4.07. The molecule has 0 radical (unpaired) electrons. The van der Waals surface area contributed by atoms with E-state index < -0.39 is 0 Å². The zero-order chi connectivity index (χ0) is 13.4. The van der Waals surface area contributed by atoms with Gasteiger partial charge >= 0.3 is 0 Å². The molecule has 3 N–H and O–H groups in total. The summed E-state index contributed by atoms with van der Waals surface area (Å²) in [5, 5.41) is 9.57. The van der Waals surface area contributed by atoms with Crippen molar-refractivity contribution in [1.82, 2.24) is 0 Å². The normalized spacial score (nSPS) is 11.7. The molecule has 0 aliphatic rings. The summed E-state index contributed by atoms with van der Waals surface area (Å²) in [7, 11) is 0. The highest BCUT2D eigenvalue weighted by Crippen LogP contribution is 2.22. The van der Waals surface area contributed by atoms with Crippen LogP contribution in [-0.2, 0) is 11.2 Å². The number of nitrogens with one attached hydrogen (secondary N) is 1. The molecule has 0 atom stereocenters. The van der Waals surface area contributed by atoms with E-state index in [1.807, 2.05) is 13.8 Å². The van der Waals surface area contributed by atoms with Crippen molar-refractivity contribution in [1.29, 1.82) is 5.41 Å². The van der Waals surface area contributed by atoms with Gasteiger partial charge in [-0.2, -0.15) is 0 Å².